The van der Waals surface area contributed by atoms with Crippen LogP contribution >= 0.6 is 35.4 Å². The number of hydrogen-bond acceptors (Lipinski definition) is 3. The smallest absolute Gasteiger partial charge is 0.257 e. The zero-order valence-corrected chi connectivity index (χ0v) is 16.0. The molecule has 0 aliphatic rings. The lowest BCUT2D eigenvalue weighted by molar-refractivity contribution is 0.0977. The van der Waals surface area contributed by atoms with Crippen molar-refractivity contribution in [1.82, 2.24) is 5.32 Å². The molecule has 0 atom stereocenters. The molecule has 0 heterocycles. The van der Waals surface area contributed by atoms with Crippen molar-refractivity contribution in [2.24, 2.45) is 0 Å². The van der Waals surface area contributed by atoms with E-state index in [1.54, 1.807) is 6.07 Å². The Morgan fingerprint density at radius 1 is 1.12 bits per heavy atom. The average molecular weight is 397 g/mol. The topological polar surface area (TPSA) is 50.4 Å². The highest BCUT2D eigenvalue weighted by Crippen LogP contribution is 2.19. The van der Waals surface area contributed by atoms with Crippen LogP contribution in [-0.2, 0) is 0 Å². The summed E-state index contributed by atoms with van der Waals surface area (Å²) >= 11 is 16.9. The van der Waals surface area contributed by atoms with E-state index in [1.165, 1.54) is 12.1 Å². The predicted octanol–water partition coefficient (Wildman–Crippen LogP) is 5.30. The van der Waals surface area contributed by atoms with Crippen LogP contribution in [0.15, 0.2) is 42.5 Å². The third kappa shape index (κ3) is 6.53. The second kappa shape index (κ2) is 9.61. The summed E-state index contributed by atoms with van der Waals surface area (Å²) in [7, 11) is 0. The molecular weight excluding hydrogens is 379 g/mol. The monoisotopic (exact) mass is 396 g/mol. The van der Waals surface area contributed by atoms with Crippen LogP contribution < -0.4 is 15.4 Å². The molecule has 25 heavy (non-hydrogen) atoms. The van der Waals surface area contributed by atoms with Crippen molar-refractivity contribution in [3.63, 3.8) is 0 Å². The molecule has 7 heteroatoms. The summed E-state index contributed by atoms with van der Waals surface area (Å²) in [6.07, 6.45) is 2.11. The molecule has 0 bridgehead atoms. The number of carbonyl (C=O) groups excluding carboxylic acids is 1. The first kappa shape index (κ1) is 19.5. The van der Waals surface area contributed by atoms with E-state index >= 15 is 0 Å². The fraction of sp³-hybridized carbons (Fsp3) is 0.222. The Hall–Kier alpha value is -1.82. The molecule has 1 amide bonds. The zero-order chi connectivity index (χ0) is 18.2. The summed E-state index contributed by atoms with van der Waals surface area (Å²) in [5, 5.41) is 6.48. The molecule has 0 spiro atoms. The van der Waals surface area contributed by atoms with E-state index in [-0.39, 0.29) is 11.0 Å². The lowest BCUT2D eigenvalue weighted by Gasteiger charge is -2.11. The Labute approximate surface area is 162 Å². The highest BCUT2D eigenvalue weighted by molar-refractivity contribution is 7.80. The Balaban J connectivity index is 1.90. The summed E-state index contributed by atoms with van der Waals surface area (Å²) in [6.45, 7) is 2.81. The van der Waals surface area contributed by atoms with Gasteiger partial charge in [-0.2, -0.15) is 0 Å². The fourth-order valence-electron chi connectivity index (χ4n) is 1.99. The SMILES string of the molecule is CCCCOc1ccc(NC(=S)NC(=O)c2cc(Cl)cc(Cl)c2)cc1. The van der Waals surface area contributed by atoms with E-state index in [1.807, 2.05) is 24.3 Å². The number of hydrogen-bond donors (Lipinski definition) is 2. The standard InChI is InChI=1S/C18H18Cl2N2O2S/c1-2-3-8-24-16-6-4-15(5-7-16)21-18(25)22-17(23)12-9-13(19)11-14(20)10-12/h4-7,9-11H,2-3,8H2,1H3,(H2,21,22,23,25). The van der Waals surface area contributed by atoms with Gasteiger partial charge in [0.1, 0.15) is 5.75 Å². The van der Waals surface area contributed by atoms with Crippen molar-refractivity contribution in [2.45, 2.75) is 19.8 Å². The number of nitrogens with one attached hydrogen (secondary N) is 2. The third-order valence-electron chi connectivity index (χ3n) is 3.23. The normalized spacial score (nSPS) is 10.2. The van der Waals surface area contributed by atoms with E-state index in [0.29, 0.717) is 22.2 Å². The van der Waals surface area contributed by atoms with Gasteiger partial charge in [0.05, 0.1) is 6.61 Å². The van der Waals surface area contributed by atoms with Crippen LogP contribution in [0, 0.1) is 0 Å². The second-order valence-corrected chi connectivity index (χ2v) is 6.57. The summed E-state index contributed by atoms with van der Waals surface area (Å²) in [4.78, 5) is 12.2. The van der Waals surface area contributed by atoms with Gasteiger partial charge in [0.2, 0.25) is 0 Å². The maximum atomic E-state index is 12.2. The second-order valence-electron chi connectivity index (χ2n) is 5.29. The van der Waals surface area contributed by atoms with E-state index in [9.17, 15) is 4.79 Å². The van der Waals surface area contributed by atoms with E-state index < -0.39 is 0 Å². The predicted molar refractivity (Wildman–Crippen MR) is 107 cm³/mol. The minimum atomic E-state index is -0.388. The van der Waals surface area contributed by atoms with Gasteiger partial charge in [0.15, 0.2) is 5.11 Å². The molecule has 132 valence electrons. The number of carbonyl (C=O) groups is 1. The number of benzene rings is 2. The lowest BCUT2D eigenvalue weighted by atomic mass is 10.2. The number of amides is 1. The summed E-state index contributed by atoms with van der Waals surface area (Å²) in [6, 6.07) is 12.0. The number of halogens is 2. The highest BCUT2D eigenvalue weighted by Gasteiger charge is 2.10. The largest absolute Gasteiger partial charge is 0.494 e. The van der Waals surface area contributed by atoms with Gasteiger partial charge in [-0.05, 0) is 61.1 Å². The molecule has 2 aromatic carbocycles. The van der Waals surface area contributed by atoms with Crippen LogP contribution in [0.5, 0.6) is 5.75 Å². The molecule has 2 N–H and O–H groups in total. The van der Waals surface area contributed by atoms with Crippen LogP contribution in [0.4, 0.5) is 5.69 Å². The van der Waals surface area contributed by atoms with E-state index in [0.717, 1.165) is 24.3 Å². The molecule has 0 saturated heterocycles. The minimum absolute atomic E-state index is 0.181. The first-order chi connectivity index (χ1) is 12.0. The first-order valence-corrected chi connectivity index (χ1v) is 8.95. The van der Waals surface area contributed by atoms with Gasteiger partial charge in [-0.15, -0.1) is 0 Å². The van der Waals surface area contributed by atoms with Gasteiger partial charge in [-0.1, -0.05) is 36.5 Å². The summed E-state index contributed by atoms with van der Waals surface area (Å²) in [5.74, 6) is 0.406. The van der Waals surface area contributed by atoms with E-state index in [2.05, 4.69) is 17.6 Å². The number of ether oxygens (including phenoxy) is 1. The summed E-state index contributed by atoms with van der Waals surface area (Å²) < 4.78 is 5.60. The van der Waals surface area contributed by atoms with Crippen LogP contribution in [0.3, 0.4) is 0 Å². The molecule has 0 aromatic heterocycles. The Kier molecular flexibility index (Phi) is 7.50. The van der Waals surface area contributed by atoms with Crippen molar-refractivity contribution in [1.29, 1.82) is 0 Å². The van der Waals surface area contributed by atoms with Gasteiger partial charge in [-0.25, -0.2) is 0 Å². The van der Waals surface area contributed by atoms with Crippen LogP contribution in [0.1, 0.15) is 30.1 Å². The van der Waals surface area contributed by atoms with Crippen LogP contribution in [0.2, 0.25) is 10.0 Å². The number of anilines is 1. The Morgan fingerprint density at radius 3 is 2.36 bits per heavy atom. The fourth-order valence-corrected chi connectivity index (χ4v) is 2.73. The van der Waals surface area contributed by atoms with Crippen molar-refractivity contribution < 1.29 is 9.53 Å². The van der Waals surface area contributed by atoms with Gasteiger partial charge in [0, 0.05) is 21.3 Å². The molecule has 4 nitrogen and oxygen atoms in total. The molecule has 0 unspecified atom stereocenters. The Bertz CT molecular complexity index is 731. The quantitative estimate of drug-likeness (QED) is 0.513. The molecule has 0 aliphatic heterocycles. The van der Waals surface area contributed by atoms with Crippen LogP contribution in [0.25, 0.3) is 0 Å². The zero-order valence-electron chi connectivity index (χ0n) is 13.6. The van der Waals surface area contributed by atoms with Crippen molar-refractivity contribution >= 4 is 52.1 Å². The van der Waals surface area contributed by atoms with Gasteiger partial charge in [0.25, 0.3) is 5.91 Å². The van der Waals surface area contributed by atoms with Gasteiger partial charge in [-0.3, -0.25) is 10.1 Å². The maximum absolute atomic E-state index is 12.2. The average Bonchev–Trinajstić information content (AvgIpc) is 2.55. The van der Waals surface area contributed by atoms with Gasteiger partial charge >= 0.3 is 0 Å². The molecule has 0 fully saturated rings. The highest BCUT2D eigenvalue weighted by atomic mass is 35.5. The molecular formula is C18H18Cl2N2O2S. The third-order valence-corrected chi connectivity index (χ3v) is 3.87. The lowest BCUT2D eigenvalue weighted by Crippen LogP contribution is -2.34. The van der Waals surface area contributed by atoms with Crippen molar-refractivity contribution in [3.8, 4) is 5.75 Å². The molecule has 2 rings (SSSR count). The number of rotatable bonds is 6. The number of unbranched alkanes of at least 4 members (excludes halogenated alkanes) is 1. The van der Waals surface area contributed by atoms with E-state index in [4.69, 9.17) is 40.2 Å². The maximum Gasteiger partial charge on any atom is 0.257 e. The summed E-state index contributed by atoms with van der Waals surface area (Å²) in [5.41, 5.74) is 1.08. The molecule has 0 saturated carbocycles. The number of thiocarbonyl (C=S) groups is 1. The minimum Gasteiger partial charge on any atom is -0.494 e. The van der Waals surface area contributed by atoms with Gasteiger partial charge < -0.3 is 10.1 Å². The first-order valence-electron chi connectivity index (χ1n) is 7.79. The van der Waals surface area contributed by atoms with Crippen LogP contribution in [-0.4, -0.2) is 17.6 Å². The molecule has 0 aliphatic carbocycles. The molecule has 2 aromatic rings. The molecule has 0 radical (unpaired) electrons. The van der Waals surface area contributed by atoms with Crippen molar-refractivity contribution in [2.75, 3.05) is 11.9 Å². The Morgan fingerprint density at radius 2 is 1.76 bits per heavy atom. The van der Waals surface area contributed by atoms with Crippen molar-refractivity contribution in [3.05, 3.63) is 58.1 Å².